The van der Waals surface area contributed by atoms with Crippen molar-refractivity contribution in [3.63, 3.8) is 0 Å². The van der Waals surface area contributed by atoms with Crippen LogP contribution < -0.4 is 10.1 Å². The minimum Gasteiger partial charge on any atom is -0.489 e. The van der Waals surface area contributed by atoms with E-state index in [0.717, 1.165) is 22.4 Å². The van der Waals surface area contributed by atoms with E-state index in [1.54, 1.807) is 10.9 Å². The highest BCUT2D eigenvalue weighted by atomic mass is 16.5. The number of amides is 1. The minimum absolute atomic E-state index is 0.256. The molecule has 3 aromatic carbocycles. The third-order valence-electron chi connectivity index (χ3n) is 4.65. The van der Waals surface area contributed by atoms with Crippen molar-refractivity contribution >= 4 is 5.91 Å². The van der Waals surface area contributed by atoms with E-state index < -0.39 is 0 Å². The van der Waals surface area contributed by atoms with E-state index in [9.17, 15) is 4.79 Å². The quantitative estimate of drug-likeness (QED) is 0.490. The molecule has 6 nitrogen and oxygen atoms in total. The summed E-state index contributed by atoms with van der Waals surface area (Å²) in [7, 11) is 0. The molecule has 6 heteroatoms. The molecule has 0 atom stereocenters. The summed E-state index contributed by atoms with van der Waals surface area (Å²) in [5, 5.41) is 11.0. The van der Waals surface area contributed by atoms with Crippen LogP contribution in [-0.4, -0.2) is 20.9 Å². The van der Waals surface area contributed by atoms with Gasteiger partial charge in [0, 0.05) is 6.54 Å². The number of ether oxygens (including phenoxy) is 1. The normalized spacial score (nSPS) is 10.5. The summed E-state index contributed by atoms with van der Waals surface area (Å²) in [4.78, 5) is 12.5. The van der Waals surface area contributed by atoms with Crippen LogP contribution in [0.4, 0.5) is 0 Å². The average molecular weight is 398 g/mol. The van der Waals surface area contributed by atoms with Crippen molar-refractivity contribution in [2.24, 2.45) is 0 Å². The Morgan fingerprint density at radius 3 is 2.30 bits per heavy atom. The van der Waals surface area contributed by atoms with Gasteiger partial charge in [0.25, 0.3) is 5.91 Å². The predicted molar refractivity (Wildman–Crippen MR) is 114 cm³/mol. The van der Waals surface area contributed by atoms with Crippen molar-refractivity contribution in [2.45, 2.75) is 19.7 Å². The van der Waals surface area contributed by atoms with Gasteiger partial charge in [-0.1, -0.05) is 78.0 Å². The molecule has 1 aromatic heterocycles. The lowest BCUT2D eigenvalue weighted by Crippen LogP contribution is -2.24. The summed E-state index contributed by atoms with van der Waals surface area (Å²) < 4.78 is 7.50. The lowest BCUT2D eigenvalue weighted by Gasteiger charge is -2.11. The largest absolute Gasteiger partial charge is 0.489 e. The zero-order chi connectivity index (χ0) is 20.6. The molecule has 0 aliphatic rings. The van der Waals surface area contributed by atoms with Gasteiger partial charge in [-0.2, -0.15) is 0 Å². The van der Waals surface area contributed by atoms with Gasteiger partial charge in [0.1, 0.15) is 12.4 Å². The number of hydrogen-bond acceptors (Lipinski definition) is 4. The Hall–Kier alpha value is -3.93. The van der Waals surface area contributed by atoms with Crippen molar-refractivity contribution in [1.82, 2.24) is 20.3 Å². The highest BCUT2D eigenvalue weighted by molar-refractivity contribution is 5.91. The zero-order valence-corrected chi connectivity index (χ0v) is 16.4. The summed E-state index contributed by atoms with van der Waals surface area (Å²) >= 11 is 0. The Bertz CT molecular complexity index is 1090. The number of benzene rings is 3. The minimum atomic E-state index is -0.256. The van der Waals surface area contributed by atoms with Crippen LogP contribution in [0.5, 0.6) is 5.75 Å². The van der Waals surface area contributed by atoms with Gasteiger partial charge in [0.15, 0.2) is 5.69 Å². The molecule has 0 radical (unpaired) electrons. The van der Waals surface area contributed by atoms with Crippen molar-refractivity contribution in [3.05, 3.63) is 114 Å². The molecule has 0 fully saturated rings. The van der Waals surface area contributed by atoms with Crippen LogP contribution >= 0.6 is 0 Å². The fraction of sp³-hybridized carbons (Fsp3) is 0.125. The van der Waals surface area contributed by atoms with Gasteiger partial charge in [-0.05, 0) is 28.8 Å². The third-order valence-corrected chi connectivity index (χ3v) is 4.65. The average Bonchev–Trinajstić information content (AvgIpc) is 3.26. The van der Waals surface area contributed by atoms with E-state index in [4.69, 9.17) is 4.74 Å². The second-order valence-electron chi connectivity index (χ2n) is 6.84. The Kier molecular flexibility index (Phi) is 6.15. The van der Waals surface area contributed by atoms with Crippen LogP contribution in [0.2, 0.25) is 0 Å². The summed E-state index contributed by atoms with van der Waals surface area (Å²) in [5.74, 6) is 0.555. The molecule has 4 aromatic rings. The van der Waals surface area contributed by atoms with Crippen LogP contribution in [0.3, 0.4) is 0 Å². The van der Waals surface area contributed by atoms with Crippen molar-refractivity contribution in [2.75, 3.05) is 0 Å². The molecule has 0 aliphatic carbocycles. The van der Waals surface area contributed by atoms with E-state index in [0.29, 0.717) is 25.4 Å². The Labute approximate surface area is 175 Å². The summed E-state index contributed by atoms with van der Waals surface area (Å²) in [6.45, 7) is 1.39. The van der Waals surface area contributed by atoms with Crippen molar-refractivity contribution in [3.8, 4) is 5.75 Å². The topological polar surface area (TPSA) is 69.0 Å². The number of nitrogens with one attached hydrogen (secondary N) is 1. The number of hydrogen-bond donors (Lipinski definition) is 1. The molecule has 0 unspecified atom stereocenters. The van der Waals surface area contributed by atoms with Gasteiger partial charge in [0.2, 0.25) is 0 Å². The van der Waals surface area contributed by atoms with Gasteiger partial charge in [-0.3, -0.25) is 4.79 Å². The van der Waals surface area contributed by atoms with E-state index in [1.165, 1.54) is 0 Å². The number of para-hydroxylation sites is 1. The molecule has 4 rings (SSSR count). The maximum absolute atomic E-state index is 12.5. The third kappa shape index (κ3) is 5.11. The first-order valence-electron chi connectivity index (χ1n) is 9.75. The maximum Gasteiger partial charge on any atom is 0.273 e. The first-order chi connectivity index (χ1) is 14.8. The van der Waals surface area contributed by atoms with Gasteiger partial charge in [0.05, 0.1) is 12.7 Å². The number of carbonyl (C=O) groups is 1. The van der Waals surface area contributed by atoms with Crippen LogP contribution in [0, 0.1) is 0 Å². The molecule has 0 spiro atoms. The first kappa shape index (κ1) is 19.4. The Morgan fingerprint density at radius 2 is 1.53 bits per heavy atom. The van der Waals surface area contributed by atoms with E-state index in [2.05, 4.69) is 15.6 Å². The molecule has 0 saturated carbocycles. The highest BCUT2D eigenvalue weighted by Crippen LogP contribution is 2.15. The van der Waals surface area contributed by atoms with E-state index in [-0.39, 0.29) is 5.91 Å². The van der Waals surface area contributed by atoms with Crippen LogP contribution in [-0.2, 0) is 19.7 Å². The fourth-order valence-electron chi connectivity index (χ4n) is 3.06. The molecule has 1 amide bonds. The van der Waals surface area contributed by atoms with Crippen LogP contribution in [0.1, 0.15) is 27.2 Å². The Morgan fingerprint density at radius 1 is 0.867 bits per heavy atom. The molecule has 30 heavy (non-hydrogen) atoms. The van der Waals surface area contributed by atoms with E-state index in [1.807, 2.05) is 84.9 Å². The number of nitrogens with zero attached hydrogens (tertiary/aromatic N) is 3. The monoisotopic (exact) mass is 398 g/mol. The van der Waals surface area contributed by atoms with Crippen molar-refractivity contribution in [1.29, 1.82) is 0 Å². The van der Waals surface area contributed by atoms with Crippen LogP contribution in [0.15, 0.2) is 91.1 Å². The number of rotatable bonds is 8. The van der Waals surface area contributed by atoms with Gasteiger partial charge < -0.3 is 10.1 Å². The van der Waals surface area contributed by atoms with Crippen LogP contribution in [0.25, 0.3) is 0 Å². The van der Waals surface area contributed by atoms with Gasteiger partial charge >= 0.3 is 0 Å². The molecule has 150 valence electrons. The Balaban J connectivity index is 1.35. The fourth-order valence-corrected chi connectivity index (χ4v) is 3.06. The predicted octanol–water partition coefficient (Wildman–Crippen LogP) is 3.84. The van der Waals surface area contributed by atoms with Gasteiger partial charge in [-0.15, -0.1) is 5.10 Å². The molecule has 0 aliphatic heterocycles. The molecular weight excluding hydrogens is 376 g/mol. The van der Waals surface area contributed by atoms with E-state index >= 15 is 0 Å². The number of carbonyl (C=O) groups excluding carboxylic acids is 1. The standard InChI is InChI=1S/C24H22N4O2/c29-24(23-17-28(27-26-23)16-19-9-3-1-4-10-19)25-15-20-11-7-8-12-21(20)18-30-22-13-5-2-6-14-22/h1-14,17H,15-16,18H2,(H,25,29). The summed E-state index contributed by atoms with van der Waals surface area (Å²) in [6, 6.07) is 27.5. The molecule has 0 bridgehead atoms. The van der Waals surface area contributed by atoms with Crippen molar-refractivity contribution < 1.29 is 9.53 Å². The van der Waals surface area contributed by atoms with Gasteiger partial charge in [-0.25, -0.2) is 4.68 Å². The molecule has 1 N–H and O–H groups in total. The smallest absolute Gasteiger partial charge is 0.273 e. The maximum atomic E-state index is 12.5. The molecule has 1 heterocycles. The second-order valence-corrected chi connectivity index (χ2v) is 6.84. The lowest BCUT2D eigenvalue weighted by atomic mass is 10.1. The summed E-state index contributed by atoms with van der Waals surface area (Å²) in [5.41, 5.74) is 3.42. The second kappa shape index (κ2) is 9.52. The highest BCUT2D eigenvalue weighted by Gasteiger charge is 2.12. The zero-order valence-electron chi connectivity index (χ0n) is 16.4. The number of aromatic nitrogens is 3. The molecule has 0 saturated heterocycles. The molecular formula is C24H22N4O2. The SMILES string of the molecule is O=C(NCc1ccccc1COc1ccccc1)c1cn(Cc2ccccc2)nn1. The first-order valence-corrected chi connectivity index (χ1v) is 9.75. The lowest BCUT2D eigenvalue weighted by molar-refractivity contribution is 0.0945. The summed E-state index contributed by atoms with van der Waals surface area (Å²) in [6.07, 6.45) is 1.66.